The number of rotatable bonds is 4. The molecule has 25 heavy (non-hydrogen) atoms. The number of anilines is 2. The largest absolute Gasteiger partial charge is 0.454 e. The summed E-state index contributed by atoms with van der Waals surface area (Å²) < 4.78 is 10.6. The Bertz CT molecular complexity index is 771. The highest BCUT2D eigenvalue weighted by molar-refractivity contribution is 7.17. The summed E-state index contributed by atoms with van der Waals surface area (Å²) in [7, 11) is 0. The van der Waals surface area contributed by atoms with Crippen LogP contribution in [0.1, 0.15) is 35.4 Å². The zero-order valence-electron chi connectivity index (χ0n) is 13.5. The van der Waals surface area contributed by atoms with Crippen molar-refractivity contribution in [2.75, 3.05) is 17.4 Å². The third-order valence-corrected chi connectivity index (χ3v) is 5.31. The Hall–Kier alpha value is -2.32. The van der Waals surface area contributed by atoms with Gasteiger partial charge in [0, 0.05) is 17.8 Å². The summed E-state index contributed by atoms with van der Waals surface area (Å²) in [6, 6.07) is 5.60. The Labute approximate surface area is 149 Å². The Morgan fingerprint density at radius 1 is 1.20 bits per heavy atom. The van der Waals surface area contributed by atoms with E-state index in [-0.39, 0.29) is 18.8 Å². The van der Waals surface area contributed by atoms with E-state index in [2.05, 4.69) is 15.6 Å². The van der Waals surface area contributed by atoms with Gasteiger partial charge in [0.05, 0.1) is 12.3 Å². The first-order valence-corrected chi connectivity index (χ1v) is 9.10. The quantitative estimate of drug-likeness (QED) is 0.775. The highest BCUT2D eigenvalue weighted by Gasteiger charge is 2.21. The molecule has 1 fully saturated rings. The van der Waals surface area contributed by atoms with Crippen molar-refractivity contribution in [2.24, 2.45) is 0 Å². The molecular weight excluding hydrogens is 342 g/mol. The Morgan fingerprint density at radius 2 is 2.00 bits per heavy atom. The van der Waals surface area contributed by atoms with Crippen LogP contribution in [0.4, 0.5) is 10.8 Å². The van der Waals surface area contributed by atoms with Gasteiger partial charge in [-0.15, -0.1) is 0 Å². The molecule has 0 spiro atoms. The molecule has 0 atom stereocenters. The van der Waals surface area contributed by atoms with Gasteiger partial charge in [-0.2, -0.15) is 0 Å². The van der Waals surface area contributed by atoms with Gasteiger partial charge in [0.25, 0.3) is 5.91 Å². The van der Waals surface area contributed by atoms with Crippen molar-refractivity contribution in [1.29, 1.82) is 0 Å². The van der Waals surface area contributed by atoms with Crippen molar-refractivity contribution in [3.8, 4) is 11.5 Å². The molecule has 0 bridgehead atoms. The van der Waals surface area contributed by atoms with Gasteiger partial charge in [0.15, 0.2) is 16.6 Å². The number of carbonyl (C=O) groups is 1. The number of carbonyl (C=O) groups excluding carboxylic acids is 1. The molecule has 1 aliphatic carbocycles. The minimum absolute atomic E-state index is 0.183. The minimum atomic E-state index is -0.205. The first-order chi connectivity index (χ1) is 12.2. The second kappa shape index (κ2) is 6.89. The first-order valence-electron chi connectivity index (χ1n) is 8.29. The van der Waals surface area contributed by atoms with Crippen molar-refractivity contribution in [1.82, 2.24) is 4.98 Å². The molecule has 3 N–H and O–H groups in total. The molecule has 1 aliphatic heterocycles. The van der Waals surface area contributed by atoms with Crippen LogP contribution in [0.2, 0.25) is 0 Å². The molecule has 1 amide bonds. The van der Waals surface area contributed by atoms with Gasteiger partial charge in [0.1, 0.15) is 4.88 Å². The van der Waals surface area contributed by atoms with Crippen molar-refractivity contribution < 1.29 is 19.4 Å². The SMILES string of the molecule is O=C(Nc1ccc2c(c1)OCO2)c1cnc(NC2CCC(O)CC2)s1. The van der Waals surface area contributed by atoms with Gasteiger partial charge in [-0.05, 0) is 37.8 Å². The Balaban J connectivity index is 1.37. The maximum atomic E-state index is 12.4. The highest BCUT2D eigenvalue weighted by Crippen LogP contribution is 2.34. The van der Waals surface area contributed by atoms with Crippen molar-refractivity contribution in [3.05, 3.63) is 29.3 Å². The lowest BCUT2D eigenvalue weighted by molar-refractivity contribution is 0.103. The monoisotopic (exact) mass is 361 g/mol. The number of fused-ring (bicyclic) bond motifs is 1. The van der Waals surface area contributed by atoms with E-state index >= 15 is 0 Å². The third kappa shape index (κ3) is 3.69. The number of nitrogens with one attached hydrogen (secondary N) is 2. The average Bonchev–Trinajstić information content (AvgIpc) is 3.26. The molecule has 0 radical (unpaired) electrons. The molecular formula is C17H19N3O4S. The Morgan fingerprint density at radius 3 is 2.84 bits per heavy atom. The molecule has 7 nitrogen and oxygen atoms in total. The van der Waals surface area contributed by atoms with Gasteiger partial charge < -0.3 is 25.2 Å². The van der Waals surface area contributed by atoms with E-state index in [0.717, 1.165) is 30.8 Å². The summed E-state index contributed by atoms with van der Waals surface area (Å²) in [4.78, 5) is 17.2. The van der Waals surface area contributed by atoms with Crippen LogP contribution in [0.3, 0.4) is 0 Å². The zero-order chi connectivity index (χ0) is 17.2. The fourth-order valence-electron chi connectivity index (χ4n) is 3.01. The fraction of sp³-hybridized carbons (Fsp3) is 0.412. The normalized spacial score (nSPS) is 21.8. The number of aliphatic hydroxyl groups is 1. The van der Waals surface area contributed by atoms with Gasteiger partial charge in [-0.1, -0.05) is 11.3 Å². The molecule has 0 unspecified atom stereocenters. The van der Waals surface area contributed by atoms with E-state index in [1.165, 1.54) is 11.3 Å². The van der Waals surface area contributed by atoms with Crippen LogP contribution in [0.15, 0.2) is 24.4 Å². The van der Waals surface area contributed by atoms with Crippen molar-refractivity contribution in [3.63, 3.8) is 0 Å². The van der Waals surface area contributed by atoms with Gasteiger partial charge in [-0.25, -0.2) is 4.98 Å². The number of nitrogens with zero attached hydrogens (tertiary/aromatic N) is 1. The van der Waals surface area contributed by atoms with E-state index < -0.39 is 0 Å². The topological polar surface area (TPSA) is 92.7 Å². The van der Waals surface area contributed by atoms with E-state index in [1.807, 2.05) is 0 Å². The summed E-state index contributed by atoms with van der Waals surface area (Å²) >= 11 is 1.33. The molecule has 0 saturated heterocycles. The standard InChI is InChI=1S/C17H19N3O4S/c21-12-4-1-10(2-5-12)20-17-18-8-15(25-17)16(22)19-11-3-6-13-14(7-11)24-9-23-13/h3,6-8,10,12,21H,1-2,4-5,9H2,(H,18,20)(H,19,22). The van der Waals surface area contributed by atoms with E-state index in [0.29, 0.717) is 28.1 Å². The number of benzene rings is 1. The van der Waals surface area contributed by atoms with E-state index in [1.54, 1.807) is 24.4 Å². The van der Waals surface area contributed by atoms with Crippen LogP contribution in [-0.4, -0.2) is 34.9 Å². The minimum Gasteiger partial charge on any atom is -0.454 e. The molecule has 2 aliphatic rings. The fourth-order valence-corrected chi connectivity index (χ4v) is 3.80. The molecule has 132 valence electrons. The summed E-state index contributed by atoms with van der Waals surface area (Å²) in [5.74, 6) is 1.10. The first kappa shape index (κ1) is 16.2. The number of thiazole rings is 1. The van der Waals surface area contributed by atoms with E-state index in [4.69, 9.17) is 9.47 Å². The van der Waals surface area contributed by atoms with Crippen molar-refractivity contribution >= 4 is 28.1 Å². The van der Waals surface area contributed by atoms with Gasteiger partial charge >= 0.3 is 0 Å². The summed E-state index contributed by atoms with van der Waals surface area (Å²) in [6.45, 7) is 0.203. The number of ether oxygens (including phenoxy) is 2. The van der Waals surface area contributed by atoms with E-state index in [9.17, 15) is 9.90 Å². The second-order valence-corrected chi connectivity index (χ2v) is 7.23. The number of hydrogen-bond acceptors (Lipinski definition) is 7. The molecule has 8 heteroatoms. The summed E-state index contributed by atoms with van der Waals surface area (Å²) in [5, 5.41) is 16.5. The third-order valence-electron chi connectivity index (χ3n) is 4.38. The van der Waals surface area contributed by atoms with Crippen LogP contribution in [0.25, 0.3) is 0 Å². The lowest BCUT2D eigenvalue weighted by Gasteiger charge is -2.25. The molecule has 4 rings (SSSR count). The molecule has 1 aromatic carbocycles. The molecule has 2 heterocycles. The number of hydrogen-bond donors (Lipinski definition) is 3. The summed E-state index contributed by atoms with van der Waals surface area (Å²) in [6.07, 6.45) is 4.84. The maximum absolute atomic E-state index is 12.4. The molecule has 2 aromatic rings. The van der Waals surface area contributed by atoms with Crippen LogP contribution in [0, 0.1) is 0 Å². The predicted molar refractivity (Wildman–Crippen MR) is 94.5 cm³/mol. The average molecular weight is 361 g/mol. The van der Waals surface area contributed by atoms with Crippen LogP contribution in [-0.2, 0) is 0 Å². The van der Waals surface area contributed by atoms with Gasteiger partial charge in [-0.3, -0.25) is 4.79 Å². The number of aromatic nitrogens is 1. The second-order valence-electron chi connectivity index (χ2n) is 6.20. The van der Waals surface area contributed by atoms with Crippen LogP contribution < -0.4 is 20.1 Å². The summed E-state index contributed by atoms with van der Waals surface area (Å²) in [5.41, 5.74) is 0.651. The number of aliphatic hydroxyl groups excluding tert-OH is 1. The number of amides is 1. The smallest absolute Gasteiger partial charge is 0.267 e. The van der Waals surface area contributed by atoms with Crippen molar-refractivity contribution in [2.45, 2.75) is 37.8 Å². The molecule has 1 aromatic heterocycles. The Kier molecular flexibility index (Phi) is 4.46. The van der Waals surface area contributed by atoms with Crippen LogP contribution in [0.5, 0.6) is 11.5 Å². The van der Waals surface area contributed by atoms with Crippen LogP contribution >= 0.6 is 11.3 Å². The highest BCUT2D eigenvalue weighted by atomic mass is 32.1. The van der Waals surface area contributed by atoms with Gasteiger partial charge in [0.2, 0.25) is 6.79 Å². The predicted octanol–water partition coefficient (Wildman–Crippen LogP) is 2.84. The lowest BCUT2D eigenvalue weighted by atomic mass is 9.93. The zero-order valence-corrected chi connectivity index (χ0v) is 14.3. The maximum Gasteiger partial charge on any atom is 0.267 e. The molecule has 1 saturated carbocycles. The lowest BCUT2D eigenvalue weighted by Crippen LogP contribution is -2.28.